The second kappa shape index (κ2) is 6.42. The largest absolute Gasteiger partial charge is 0.507 e. The standard InChI is InChI=1S/C22H17NO6/c1-10-16-18(20(26)14-4-3-5-15(25)17(14)21(16)27)19(11(2)24)23(10)13-8-6-12(7-9-13)22(28)29/h3-9,11,24-25H,1-2H3,(H,28,29). The molecule has 3 aromatic rings. The molecular weight excluding hydrogens is 374 g/mol. The number of ketones is 2. The maximum absolute atomic E-state index is 13.2. The molecule has 2 aromatic carbocycles. The summed E-state index contributed by atoms with van der Waals surface area (Å²) in [6, 6.07) is 10.2. The van der Waals surface area contributed by atoms with Crippen LogP contribution in [0.15, 0.2) is 42.5 Å². The minimum absolute atomic E-state index is 0.0522. The summed E-state index contributed by atoms with van der Waals surface area (Å²) in [5.74, 6) is -2.30. The lowest BCUT2D eigenvalue weighted by molar-refractivity contribution is 0.0696. The summed E-state index contributed by atoms with van der Waals surface area (Å²) in [7, 11) is 0. The lowest BCUT2D eigenvalue weighted by Crippen LogP contribution is -2.21. The van der Waals surface area contributed by atoms with E-state index in [1.54, 1.807) is 23.6 Å². The van der Waals surface area contributed by atoms with Gasteiger partial charge >= 0.3 is 5.97 Å². The fraction of sp³-hybridized carbons (Fsp3) is 0.136. The van der Waals surface area contributed by atoms with Crippen molar-refractivity contribution in [3.05, 3.63) is 81.7 Å². The number of carbonyl (C=O) groups excluding carboxylic acids is 2. The highest BCUT2D eigenvalue weighted by atomic mass is 16.4. The number of phenolic OH excluding ortho intramolecular Hbond substituents is 1. The zero-order valence-corrected chi connectivity index (χ0v) is 15.6. The van der Waals surface area contributed by atoms with Crippen molar-refractivity contribution in [2.75, 3.05) is 0 Å². The van der Waals surface area contributed by atoms with Crippen molar-refractivity contribution in [2.45, 2.75) is 20.0 Å². The number of hydrogen-bond donors (Lipinski definition) is 3. The van der Waals surface area contributed by atoms with Gasteiger partial charge in [-0.3, -0.25) is 9.59 Å². The molecule has 1 atom stereocenters. The molecule has 0 radical (unpaired) electrons. The second-order valence-electron chi connectivity index (χ2n) is 6.94. The number of carboxylic acid groups (broad SMARTS) is 1. The third-order valence-electron chi connectivity index (χ3n) is 5.18. The number of hydrogen-bond acceptors (Lipinski definition) is 5. The van der Waals surface area contributed by atoms with Crippen LogP contribution in [0.25, 0.3) is 5.69 Å². The van der Waals surface area contributed by atoms with E-state index in [4.69, 9.17) is 5.11 Å². The molecule has 1 unspecified atom stereocenters. The Bertz CT molecular complexity index is 1200. The molecule has 4 rings (SSSR count). The van der Waals surface area contributed by atoms with Crippen LogP contribution in [0.2, 0.25) is 0 Å². The first-order valence-electron chi connectivity index (χ1n) is 8.92. The van der Waals surface area contributed by atoms with Crippen LogP contribution in [0.4, 0.5) is 0 Å². The van der Waals surface area contributed by atoms with Gasteiger partial charge in [0.25, 0.3) is 0 Å². The van der Waals surface area contributed by atoms with Gasteiger partial charge in [-0.25, -0.2) is 4.79 Å². The van der Waals surface area contributed by atoms with E-state index in [1.165, 1.54) is 37.3 Å². The molecule has 7 nitrogen and oxygen atoms in total. The molecule has 1 heterocycles. The Kier molecular flexibility index (Phi) is 4.13. The van der Waals surface area contributed by atoms with Crippen LogP contribution >= 0.6 is 0 Å². The number of nitrogens with zero attached hydrogens (tertiary/aromatic N) is 1. The highest BCUT2D eigenvalue weighted by Gasteiger charge is 2.39. The number of rotatable bonds is 3. The highest BCUT2D eigenvalue weighted by Crippen LogP contribution is 2.40. The first-order valence-corrected chi connectivity index (χ1v) is 8.92. The van der Waals surface area contributed by atoms with E-state index in [2.05, 4.69) is 0 Å². The Morgan fingerprint density at radius 1 is 0.966 bits per heavy atom. The molecule has 0 saturated carbocycles. The van der Waals surface area contributed by atoms with Gasteiger partial charge < -0.3 is 19.9 Å². The quantitative estimate of drug-likeness (QED) is 0.494. The summed E-state index contributed by atoms with van der Waals surface area (Å²) >= 11 is 0. The molecule has 1 aromatic heterocycles. The molecule has 146 valence electrons. The Morgan fingerprint density at radius 2 is 1.62 bits per heavy atom. The van der Waals surface area contributed by atoms with Crippen molar-refractivity contribution >= 4 is 17.5 Å². The van der Waals surface area contributed by atoms with Crippen LogP contribution in [0.5, 0.6) is 5.75 Å². The van der Waals surface area contributed by atoms with Crippen molar-refractivity contribution in [3.8, 4) is 11.4 Å². The van der Waals surface area contributed by atoms with Crippen LogP contribution in [0.3, 0.4) is 0 Å². The number of aliphatic hydroxyl groups excluding tert-OH is 1. The van der Waals surface area contributed by atoms with Crippen molar-refractivity contribution in [1.82, 2.24) is 4.57 Å². The third kappa shape index (κ3) is 2.59. The van der Waals surface area contributed by atoms with E-state index < -0.39 is 23.6 Å². The molecule has 0 spiro atoms. The number of phenols is 1. The Balaban J connectivity index is 2.03. The van der Waals surface area contributed by atoms with E-state index in [1.807, 2.05) is 0 Å². The number of carbonyl (C=O) groups is 3. The average molecular weight is 391 g/mol. The van der Waals surface area contributed by atoms with E-state index in [-0.39, 0.29) is 39.3 Å². The summed E-state index contributed by atoms with van der Waals surface area (Å²) in [5.41, 5.74) is 1.52. The van der Waals surface area contributed by atoms with Gasteiger partial charge in [0.2, 0.25) is 0 Å². The van der Waals surface area contributed by atoms with Gasteiger partial charge in [-0.2, -0.15) is 0 Å². The topological polar surface area (TPSA) is 117 Å². The predicted molar refractivity (Wildman–Crippen MR) is 103 cm³/mol. The minimum atomic E-state index is -1.08. The molecule has 0 bridgehead atoms. The van der Waals surface area contributed by atoms with E-state index in [0.29, 0.717) is 11.4 Å². The summed E-state index contributed by atoms with van der Waals surface area (Å²) in [4.78, 5) is 37.5. The zero-order chi connectivity index (χ0) is 21.0. The number of aliphatic hydroxyl groups is 1. The molecule has 0 fully saturated rings. The summed E-state index contributed by atoms with van der Waals surface area (Å²) in [5, 5.41) is 29.7. The average Bonchev–Trinajstić information content (AvgIpc) is 3.00. The van der Waals surface area contributed by atoms with Crippen LogP contribution in [0, 0.1) is 6.92 Å². The fourth-order valence-electron chi connectivity index (χ4n) is 3.93. The maximum Gasteiger partial charge on any atom is 0.335 e. The Labute approximate surface area is 165 Å². The Morgan fingerprint density at radius 3 is 2.21 bits per heavy atom. The van der Waals surface area contributed by atoms with Crippen molar-refractivity contribution in [2.24, 2.45) is 0 Å². The molecule has 29 heavy (non-hydrogen) atoms. The number of fused-ring (bicyclic) bond motifs is 2. The number of carboxylic acids is 1. The minimum Gasteiger partial charge on any atom is -0.507 e. The van der Waals surface area contributed by atoms with E-state index >= 15 is 0 Å². The second-order valence-corrected chi connectivity index (χ2v) is 6.94. The van der Waals surface area contributed by atoms with Crippen molar-refractivity contribution in [1.29, 1.82) is 0 Å². The zero-order valence-electron chi connectivity index (χ0n) is 15.6. The van der Waals surface area contributed by atoms with Gasteiger partial charge in [-0.15, -0.1) is 0 Å². The number of aromatic carboxylic acids is 1. The van der Waals surface area contributed by atoms with Crippen LogP contribution in [0.1, 0.15) is 66.6 Å². The number of aromatic nitrogens is 1. The monoisotopic (exact) mass is 391 g/mol. The molecule has 1 aliphatic carbocycles. The van der Waals surface area contributed by atoms with E-state index in [9.17, 15) is 24.6 Å². The van der Waals surface area contributed by atoms with Crippen LogP contribution in [-0.4, -0.2) is 37.4 Å². The smallest absolute Gasteiger partial charge is 0.335 e. The molecule has 0 aliphatic heterocycles. The lowest BCUT2D eigenvalue weighted by Gasteiger charge is -2.18. The van der Waals surface area contributed by atoms with Gasteiger partial charge in [-0.05, 0) is 44.2 Å². The van der Waals surface area contributed by atoms with Gasteiger partial charge in [0, 0.05) is 16.9 Å². The lowest BCUT2D eigenvalue weighted by atomic mass is 9.83. The summed E-state index contributed by atoms with van der Waals surface area (Å²) in [6.45, 7) is 3.14. The first-order chi connectivity index (χ1) is 13.7. The fourth-order valence-corrected chi connectivity index (χ4v) is 3.93. The molecule has 7 heteroatoms. The maximum atomic E-state index is 13.2. The molecule has 1 aliphatic rings. The summed E-state index contributed by atoms with van der Waals surface area (Å²) in [6.07, 6.45) is -1.08. The van der Waals surface area contributed by atoms with Crippen LogP contribution in [-0.2, 0) is 0 Å². The van der Waals surface area contributed by atoms with Crippen molar-refractivity contribution in [3.63, 3.8) is 0 Å². The molecule has 3 N–H and O–H groups in total. The van der Waals surface area contributed by atoms with Gasteiger partial charge in [0.1, 0.15) is 5.75 Å². The highest BCUT2D eigenvalue weighted by molar-refractivity contribution is 6.30. The molecular formula is C22H17NO6. The number of aromatic hydroxyl groups is 1. The van der Waals surface area contributed by atoms with Gasteiger partial charge in [0.05, 0.1) is 34.1 Å². The molecule has 0 amide bonds. The van der Waals surface area contributed by atoms with E-state index in [0.717, 1.165) is 0 Å². The number of benzene rings is 2. The first kappa shape index (κ1) is 18.6. The molecule has 0 saturated heterocycles. The van der Waals surface area contributed by atoms with Gasteiger partial charge in [-0.1, -0.05) is 12.1 Å². The third-order valence-corrected chi connectivity index (χ3v) is 5.18. The van der Waals surface area contributed by atoms with Crippen molar-refractivity contribution < 1.29 is 29.7 Å². The van der Waals surface area contributed by atoms with Crippen LogP contribution < -0.4 is 0 Å². The Hall–Kier alpha value is -3.71. The predicted octanol–water partition coefficient (Wildman–Crippen LogP) is 3.02. The SMILES string of the molecule is Cc1c2c(c(C(C)O)n1-c1ccc(C(=O)O)cc1)C(=O)c1cccc(O)c1C2=O. The summed E-state index contributed by atoms with van der Waals surface area (Å²) < 4.78 is 1.58. The normalized spacial score (nSPS) is 13.8. The van der Waals surface area contributed by atoms with Gasteiger partial charge in [0.15, 0.2) is 11.6 Å².